The first-order chi connectivity index (χ1) is 17.9. The average Bonchev–Trinajstić information content (AvgIpc) is 3.55. The SMILES string of the molecule is CC(C)Oc1ccc(-c2nc(-c3cccc4c3C[C@@H]3CC(=O)N(CCO)[C@H]43)no2)cc1OCCN(C)C. The van der Waals surface area contributed by atoms with E-state index in [0.717, 1.165) is 35.2 Å². The van der Waals surface area contributed by atoms with Crippen molar-refractivity contribution in [1.29, 1.82) is 0 Å². The predicted octanol–water partition coefficient (Wildman–Crippen LogP) is 3.57. The maximum atomic E-state index is 12.5. The van der Waals surface area contributed by atoms with E-state index in [1.54, 1.807) is 4.90 Å². The van der Waals surface area contributed by atoms with Gasteiger partial charge in [-0.15, -0.1) is 0 Å². The van der Waals surface area contributed by atoms with Gasteiger partial charge in [-0.25, -0.2) is 0 Å². The maximum absolute atomic E-state index is 12.5. The van der Waals surface area contributed by atoms with Crippen LogP contribution >= 0.6 is 0 Å². The van der Waals surface area contributed by atoms with Crippen LogP contribution in [0.2, 0.25) is 0 Å². The van der Waals surface area contributed by atoms with Crippen LogP contribution in [0.5, 0.6) is 11.5 Å². The molecule has 2 aromatic carbocycles. The van der Waals surface area contributed by atoms with Crippen molar-refractivity contribution in [3.05, 3.63) is 47.5 Å². The molecule has 2 aliphatic rings. The minimum absolute atomic E-state index is 0.00338. The molecule has 0 spiro atoms. The first-order valence-electron chi connectivity index (χ1n) is 12.8. The van der Waals surface area contributed by atoms with Gasteiger partial charge in [-0.1, -0.05) is 23.4 Å². The summed E-state index contributed by atoms with van der Waals surface area (Å²) < 4.78 is 17.7. The Kier molecular flexibility index (Phi) is 7.17. The predicted molar refractivity (Wildman–Crippen MR) is 138 cm³/mol. The van der Waals surface area contributed by atoms with E-state index in [1.807, 2.05) is 58.3 Å². The highest BCUT2D eigenvalue weighted by Crippen LogP contribution is 2.49. The molecular formula is C28H34N4O5. The summed E-state index contributed by atoms with van der Waals surface area (Å²) in [7, 11) is 4.00. The standard InChI is InChI=1S/C28H34N4O5/c1-17(2)36-23-9-8-18(15-24(23)35-13-11-31(3)4)28-29-27(30-37-28)21-7-5-6-20-22(21)14-19-16-25(34)32(10-12-33)26(19)20/h5-9,15,17,19,26,33H,10-14,16H2,1-4H3/t19-,26+/m1/s1. The molecule has 5 rings (SSSR count). The molecule has 3 aromatic rings. The molecule has 2 heterocycles. The van der Waals surface area contributed by atoms with Gasteiger partial charge in [0.05, 0.1) is 18.8 Å². The zero-order valence-electron chi connectivity index (χ0n) is 21.8. The Morgan fingerprint density at radius 3 is 2.78 bits per heavy atom. The van der Waals surface area contributed by atoms with E-state index in [1.165, 1.54) is 0 Å². The van der Waals surface area contributed by atoms with Gasteiger partial charge >= 0.3 is 0 Å². The van der Waals surface area contributed by atoms with Crippen molar-refractivity contribution in [3.8, 4) is 34.3 Å². The molecule has 9 nitrogen and oxygen atoms in total. The Morgan fingerprint density at radius 2 is 2.03 bits per heavy atom. The van der Waals surface area contributed by atoms with E-state index in [-0.39, 0.29) is 30.6 Å². The second-order valence-corrected chi connectivity index (χ2v) is 10.2. The number of nitrogens with zero attached hydrogens (tertiary/aromatic N) is 4. The number of carbonyl (C=O) groups is 1. The molecule has 1 amide bonds. The highest BCUT2D eigenvalue weighted by molar-refractivity contribution is 5.81. The summed E-state index contributed by atoms with van der Waals surface area (Å²) in [6.45, 7) is 5.57. The Bertz CT molecular complexity index is 1270. The minimum atomic E-state index is -0.0416. The molecule has 0 bridgehead atoms. The first kappa shape index (κ1) is 25.2. The van der Waals surface area contributed by atoms with E-state index in [2.05, 4.69) is 16.1 Å². The monoisotopic (exact) mass is 506 g/mol. The van der Waals surface area contributed by atoms with E-state index in [0.29, 0.717) is 42.8 Å². The third-order valence-corrected chi connectivity index (χ3v) is 6.89. The number of aromatic nitrogens is 2. The van der Waals surface area contributed by atoms with Crippen molar-refractivity contribution in [2.45, 2.75) is 38.8 Å². The number of aliphatic hydroxyl groups is 1. The fourth-order valence-corrected chi connectivity index (χ4v) is 5.31. The van der Waals surface area contributed by atoms with Gasteiger partial charge in [0, 0.05) is 30.6 Å². The number of fused-ring (bicyclic) bond motifs is 3. The summed E-state index contributed by atoms with van der Waals surface area (Å²) in [5.41, 5.74) is 3.92. The molecule has 0 unspecified atom stereocenters. The van der Waals surface area contributed by atoms with E-state index in [9.17, 15) is 9.90 Å². The topological polar surface area (TPSA) is 101 Å². The molecule has 1 fully saturated rings. The fourth-order valence-electron chi connectivity index (χ4n) is 5.31. The van der Waals surface area contributed by atoms with E-state index >= 15 is 0 Å². The molecular weight excluding hydrogens is 472 g/mol. The van der Waals surface area contributed by atoms with Crippen molar-refractivity contribution in [2.75, 3.05) is 40.4 Å². The van der Waals surface area contributed by atoms with Crippen molar-refractivity contribution < 1.29 is 23.9 Å². The van der Waals surface area contributed by atoms with Gasteiger partial charge in [-0.2, -0.15) is 4.98 Å². The molecule has 37 heavy (non-hydrogen) atoms. The molecule has 9 heteroatoms. The summed E-state index contributed by atoms with van der Waals surface area (Å²) in [6, 6.07) is 11.7. The lowest BCUT2D eigenvalue weighted by Gasteiger charge is -2.24. The lowest BCUT2D eigenvalue weighted by atomic mass is 10.0. The number of ether oxygens (including phenoxy) is 2. The van der Waals surface area contributed by atoms with Gasteiger partial charge in [0.1, 0.15) is 6.61 Å². The number of benzene rings is 2. The van der Waals surface area contributed by atoms with Crippen LogP contribution in [-0.2, 0) is 11.2 Å². The van der Waals surface area contributed by atoms with Gasteiger partial charge in [0.2, 0.25) is 11.7 Å². The highest BCUT2D eigenvalue weighted by Gasteiger charge is 2.46. The Labute approximate surface area is 217 Å². The second-order valence-electron chi connectivity index (χ2n) is 10.2. The molecule has 1 aliphatic carbocycles. The van der Waals surface area contributed by atoms with Crippen LogP contribution in [-0.4, -0.2) is 77.5 Å². The summed E-state index contributed by atoms with van der Waals surface area (Å²) >= 11 is 0. The smallest absolute Gasteiger partial charge is 0.258 e. The number of likely N-dealkylation sites (tertiary alicyclic amines) is 1. The molecule has 1 saturated heterocycles. The first-order valence-corrected chi connectivity index (χ1v) is 12.8. The average molecular weight is 507 g/mol. The Morgan fingerprint density at radius 1 is 1.19 bits per heavy atom. The van der Waals surface area contributed by atoms with Gasteiger partial charge in [0.25, 0.3) is 5.89 Å². The molecule has 196 valence electrons. The van der Waals surface area contributed by atoms with E-state index in [4.69, 9.17) is 19.0 Å². The highest BCUT2D eigenvalue weighted by atomic mass is 16.5. The van der Waals surface area contributed by atoms with Crippen molar-refractivity contribution in [3.63, 3.8) is 0 Å². The normalized spacial score (nSPS) is 18.6. The number of aliphatic hydroxyl groups excluding tert-OH is 1. The number of amides is 1. The summed E-state index contributed by atoms with van der Waals surface area (Å²) in [6.07, 6.45) is 1.29. The van der Waals surface area contributed by atoms with Crippen LogP contribution in [0.3, 0.4) is 0 Å². The van der Waals surface area contributed by atoms with Crippen LogP contribution < -0.4 is 9.47 Å². The molecule has 1 aliphatic heterocycles. The number of hydrogen-bond acceptors (Lipinski definition) is 8. The third kappa shape index (κ3) is 5.06. The molecule has 1 N–H and O–H groups in total. The van der Waals surface area contributed by atoms with Crippen LogP contribution in [0.1, 0.15) is 37.4 Å². The van der Waals surface area contributed by atoms with Crippen molar-refractivity contribution >= 4 is 5.91 Å². The Balaban J connectivity index is 1.43. The van der Waals surface area contributed by atoms with Crippen molar-refractivity contribution in [2.24, 2.45) is 5.92 Å². The summed E-state index contributed by atoms with van der Waals surface area (Å²) in [5.74, 6) is 2.54. The van der Waals surface area contributed by atoms with E-state index < -0.39 is 0 Å². The number of β-amino-alcohol motifs (C(OH)–C–C–N with tert-alkyl or cyclic N) is 1. The third-order valence-electron chi connectivity index (χ3n) is 6.89. The van der Waals surface area contributed by atoms with Gasteiger partial charge in [-0.05, 0) is 69.6 Å². The fraction of sp³-hybridized carbons (Fsp3) is 0.464. The number of likely N-dealkylation sites (N-methyl/N-ethyl adjacent to an activating group) is 1. The van der Waals surface area contributed by atoms with Crippen LogP contribution in [0.25, 0.3) is 22.8 Å². The van der Waals surface area contributed by atoms with Gasteiger partial charge in [-0.3, -0.25) is 4.79 Å². The second kappa shape index (κ2) is 10.5. The van der Waals surface area contributed by atoms with Crippen molar-refractivity contribution in [1.82, 2.24) is 19.9 Å². The number of rotatable bonds is 10. The molecule has 1 aromatic heterocycles. The van der Waals surface area contributed by atoms with Gasteiger partial charge < -0.3 is 28.9 Å². The minimum Gasteiger partial charge on any atom is -0.488 e. The lowest BCUT2D eigenvalue weighted by Crippen LogP contribution is -2.30. The molecule has 0 radical (unpaired) electrons. The molecule has 0 saturated carbocycles. The van der Waals surface area contributed by atoms with Gasteiger partial charge in [0.15, 0.2) is 11.5 Å². The zero-order valence-corrected chi connectivity index (χ0v) is 21.8. The number of carbonyl (C=O) groups excluding carboxylic acids is 1. The zero-order chi connectivity index (χ0) is 26.1. The molecule has 2 atom stereocenters. The number of hydrogen-bond donors (Lipinski definition) is 1. The van der Waals surface area contributed by atoms with Crippen LogP contribution in [0, 0.1) is 5.92 Å². The maximum Gasteiger partial charge on any atom is 0.258 e. The van der Waals surface area contributed by atoms with Crippen LogP contribution in [0.4, 0.5) is 0 Å². The Hall–Kier alpha value is -3.43. The quantitative estimate of drug-likeness (QED) is 0.445. The largest absolute Gasteiger partial charge is 0.488 e. The van der Waals surface area contributed by atoms with Crippen LogP contribution in [0.15, 0.2) is 40.9 Å². The lowest BCUT2D eigenvalue weighted by molar-refractivity contribution is -0.129. The summed E-state index contributed by atoms with van der Waals surface area (Å²) in [5, 5.41) is 13.8. The summed E-state index contributed by atoms with van der Waals surface area (Å²) in [4.78, 5) is 21.1.